The minimum Gasteiger partial charge on any atom is -0.380 e. The Labute approximate surface area is 234 Å². The molecule has 0 unspecified atom stereocenters. The van der Waals surface area contributed by atoms with Gasteiger partial charge in [-0.2, -0.15) is 0 Å². The van der Waals surface area contributed by atoms with Gasteiger partial charge in [-0.15, -0.1) is 0 Å². The summed E-state index contributed by atoms with van der Waals surface area (Å²) in [6.45, 7) is 6.52. The molecule has 0 bridgehead atoms. The van der Waals surface area contributed by atoms with E-state index in [1.165, 1.54) is 135 Å². The average molecular weight is 520 g/mol. The largest absolute Gasteiger partial charge is 0.380 e. The first-order chi connectivity index (χ1) is 18.2. The highest BCUT2D eigenvalue weighted by molar-refractivity contribution is 4.94. The number of hydrogen-bond acceptors (Lipinski definition) is 2. The Bertz CT molecular complexity index is 505. The molecule has 0 spiro atoms. The van der Waals surface area contributed by atoms with Gasteiger partial charge in [0.2, 0.25) is 0 Å². The van der Waals surface area contributed by atoms with Crippen LogP contribution in [-0.4, -0.2) is 38.3 Å². The topological polar surface area (TPSA) is 12.5 Å². The van der Waals surface area contributed by atoms with E-state index in [1.54, 1.807) is 19.3 Å². The van der Waals surface area contributed by atoms with Crippen molar-refractivity contribution < 1.29 is 4.74 Å². The molecule has 2 aliphatic rings. The van der Waals surface area contributed by atoms with Crippen molar-refractivity contribution >= 4 is 0 Å². The van der Waals surface area contributed by atoms with Gasteiger partial charge in [-0.1, -0.05) is 136 Å². The fourth-order valence-corrected chi connectivity index (χ4v) is 6.67. The summed E-state index contributed by atoms with van der Waals surface area (Å²) in [5.41, 5.74) is 0. The van der Waals surface area contributed by atoms with Crippen LogP contribution >= 0.6 is 0 Å². The third-order valence-electron chi connectivity index (χ3n) is 9.72. The van der Waals surface area contributed by atoms with Crippen molar-refractivity contribution in [2.45, 2.75) is 174 Å². The maximum absolute atomic E-state index is 6.10. The molecule has 2 nitrogen and oxygen atoms in total. The highest BCUT2D eigenvalue weighted by atomic mass is 16.5. The Hall–Kier alpha value is -0.0800. The summed E-state index contributed by atoms with van der Waals surface area (Å²) in [6, 6.07) is 0.600. The molecular weight excluding hydrogens is 450 g/mol. The monoisotopic (exact) mass is 520 g/mol. The number of likely N-dealkylation sites (N-methyl/N-ethyl adjacent to an activating group) is 1. The second-order valence-electron chi connectivity index (χ2n) is 13.5. The van der Waals surface area contributed by atoms with E-state index in [0.717, 1.165) is 36.9 Å². The summed E-state index contributed by atoms with van der Waals surface area (Å²) in [7, 11) is 4.45. The second kappa shape index (κ2) is 21.7. The van der Waals surface area contributed by atoms with Crippen LogP contribution in [0.1, 0.15) is 168 Å². The van der Waals surface area contributed by atoms with Gasteiger partial charge in [0.1, 0.15) is 0 Å². The standard InChI is InChI=1S/C35H69NO/c1-5-7-9-10-11-12-13-17-21-25-35(36(3)4)30-37-26-22-18-15-14-16-20-24-32-28-34(32)29-33-27-31(33)23-19-8-6-2/h31-35H,5-30H2,1-4H3/t31-,32+,33-,34+,35-/m0/s1. The van der Waals surface area contributed by atoms with Gasteiger partial charge in [0, 0.05) is 12.6 Å². The first kappa shape index (κ1) is 33.1. The van der Waals surface area contributed by atoms with E-state index in [1.807, 2.05) is 0 Å². The molecule has 0 aromatic carbocycles. The lowest BCUT2D eigenvalue weighted by atomic mass is 10.0. The lowest BCUT2D eigenvalue weighted by Crippen LogP contribution is -2.32. The molecule has 0 N–H and O–H groups in total. The number of unbranched alkanes of at least 4 members (excludes halogenated alkanes) is 15. The van der Waals surface area contributed by atoms with Crippen LogP contribution in [0.4, 0.5) is 0 Å². The van der Waals surface area contributed by atoms with Crippen LogP contribution < -0.4 is 0 Å². The van der Waals surface area contributed by atoms with E-state index in [-0.39, 0.29) is 0 Å². The highest BCUT2D eigenvalue weighted by Gasteiger charge is 2.44. The minimum absolute atomic E-state index is 0.600. The molecular formula is C35H69NO. The number of rotatable bonds is 28. The predicted octanol–water partition coefficient (Wildman–Crippen LogP) is 10.8. The molecule has 220 valence electrons. The van der Waals surface area contributed by atoms with Crippen LogP contribution in [0.3, 0.4) is 0 Å². The molecule has 2 saturated carbocycles. The Morgan fingerprint density at radius 2 is 1.03 bits per heavy atom. The fourth-order valence-electron chi connectivity index (χ4n) is 6.67. The summed E-state index contributed by atoms with van der Waals surface area (Å²) in [5.74, 6) is 4.51. The van der Waals surface area contributed by atoms with Crippen molar-refractivity contribution in [1.29, 1.82) is 0 Å². The lowest BCUT2D eigenvalue weighted by Gasteiger charge is -2.24. The first-order valence-electron chi connectivity index (χ1n) is 17.4. The number of hydrogen-bond donors (Lipinski definition) is 0. The summed E-state index contributed by atoms with van der Waals surface area (Å²) in [6.07, 6.45) is 34.6. The summed E-state index contributed by atoms with van der Waals surface area (Å²) in [5, 5.41) is 0. The summed E-state index contributed by atoms with van der Waals surface area (Å²) >= 11 is 0. The molecule has 0 aromatic rings. The molecule has 0 radical (unpaired) electrons. The van der Waals surface area contributed by atoms with E-state index in [0.29, 0.717) is 6.04 Å². The predicted molar refractivity (Wildman–Crippen MR) is 164 cm³/mol. The van der Waals surface area contributed by atoms with E-state index in [4.69, 9.17) is 4.74 Å². The van der Waals surface area contributed by atoms with Crippen molar-refractivity contribution in [3.05, 3.63) is 0 Å². The van der Waals surface area contributed by atoms with Crippen LogP contribution in [-0.2, 0) is 4.74 Å². The molecule has 2 fully saturated rings. The van der Waals surface area contributed by atoms with Gasteiger partial charge in [0.25, 0.3) is 0 Å². The van der Waals surface area contributed by atoms with Crippen LogP contribution in [0.25, 0.3) is 0 Å². The molecule has 0 heterocycles. The van der Waals surface area contributed by atoms with Gasteiger partial charge >= 0.3 is 0 Å². The Morgan fingerprint density at radius 3 is 1.59 bits per heavy atom. The van der Waals surface area contributed by atoms with Gasteiger partial charge in [-0.05, 0) is 69.9 Å². The molecule has 2 heteroatoms. The molecule has 0 saturated heterocycles. The average Bonchev–Trinajstić information content (AvgIpc) is 3.81. The molecule has 5 atom stereocenters. The van der Waals surface area contributed by atoms with Gasteiger partial charge in [-0.25, -0.2) is 0 Å². The lowest BCUT2D eigenvalue weighted by molar-refractivity contribution is 0.0721. The zero-order chi connectivity index (χ0) is 26.6. The summed E-state index contributed by atoms with van der Waals surface area (Å²) in [4.78, 5) is 2.38. The molecule has 0 amide bonds. The quantitative estimate of drug-likeness (QED) is 0.0953. The van der Waals surface area contributed by atoms with Crippen LogP contribution in [0, 0.1) is 23.7 Å². The zero-order valence-electron chi connectivity index (χ0n) is 26.1. The van der Waals surface area contributed by atoms with E-state index >= 15 is 0 Å². The van der Waals surface area contributed by atoms with Crippen molar-refractivity contribution in [3.63, 3.8) is 0 Å². The number of nitrogens with zero attached hydrogens (tertiary/aromatic N) is 1. The Kier molecular flexibility index (Phi) is 19.4. The van der Waals surface area contributed by atoms with Crippen LogP contribution in [0.15, 0.2) is 0 Å². The Balaban J connectivity index is 1.30. The smallest absolute Gasteiger partial charge is 0.0621 e. The van der Waals surface area contributed by atoms with Crippen molar-refractivity contribution in [1.82, 2.24) is 4.90 Å². The van der Waals surface area contributed by atoms with Gasteiger partial charge in [0.15, 0.2) is 0 Å². The maximum Gasteiger partial charge on any atom is 0.0621 e. The third-order valence-corrected chi connectivity index (χ3v) is 9.72. The van der Waals surface area contributed by atoms with Gasteiger partial charge in [0.05, 0.1) is 6.61 Å². The SMILES string of the molecule is CCCCCCCCCCC[C@@H](COCCCCCCCC[C@@H]1C[C@@H]1C[C@@H]1C[C@@H]1CCCCC)N(C)C. The van der Waals surface area contributed by atoms with Crippen LogP contribution in [0.5, 0.6) is 0 Å². The van der Waals surface area contributed by atoms with E-state index in [9.17, 15) is 0 Å². The van der Waals surface area contributed by atoms with Crippen LogP contribution in [0.2, 0.25) is 0 Å². The van der Waals surface area contributed by atoms with Crippen molar-refractivity contribution in [3.8, 4) is 0 Å². The zero-order valence-corrected chi connectivity index (χ0v) is 26.1. The fraction of sp³-hybridized carbons (Fsp3) is 1.00. The molecule has 37 heavy (non-hydrogen) atoms. The maximum atomic E-state index is 6.10. The molecule has 0 aromatic heterocycles. The van der Waals surface area contributed by atoms with E-state index in [2.05, 4.69) is 32.8 Å². The van der Waals surface area contributed by atoms with E-state index < -0.39 is 0 Å². The van der Waals surface area contributed by atoms with Crippen molar-refractivity contribution in [2.75, 3.05) is 27.3 Å². The second-order valence-corrected chi connectivity index (χ2v) is 13.5. The highest BCUT2D eigenvalue weighted by Crippen LogP contribution is 2.54. The van der Waals surface area contributed by atoms with Gasteiger partial charge in [-0.3, -0.25) is 0 Å². The van der Waals surface area contributed by atoms with Gasteiger partial charge < -0.3 is 9.64 Å². The third kappa shape index (κ3) is 17.3. The molecule has 2 rings (SSSR count). The summed E-state index contributed by atoms with van der Waals surface area (Å²) < 4.78 is 6.10. The Morgan fingerprint density at radius 1 is 0.568 bits per heavy atom. The molecule has 0 aliphatic heterocycles. The minimum atomic E-state index is 0.600. The van der Waals surface area contributed by atoms with Crippen molar-refractivity contribution in [2.24, 2.45) is 23.7 Å². The normalized spacial score (nSPS) is 23.6. The number of ether oxygens (including phenoxy) is 1. The first-order valence-corrected chi connectivity index (χ1v) is 17.4. The molecule has 2 aliphatic carbocycles.